The fourth-order valence-electron chi connectivity index (χ4n) is 0.925. The maximum absolute atomic E-state index is 8.51. The Morgan fingerprint density at radius 2 is 2.31 bits per heavy atom. The van der Waals surface area contributed by atoms with Crippen molar-refractivity contribution in [2.24, 2.45) is 5.16 Å². The second kappa shape index (κ2) is 4.48. The van der Waals surface area contributed by atoms with Crippen LogP contribution in [-0.2, 0) is 0 Å². The van der Waals surface area contributed by atoms with Gasteiger partial charge in [-0.2, -0.15) is 0 Å². The summed E-state index contributed by atoms with van der Waals surface area (Å²) in [4.78, 5) is 0. The molecule has 0 amide bonds. The topological polar surface area (TPSA) is 41.8 Å². The van der Waals surface area contributed by atoms with Crippen molar-refractivity contribution in [3.8, 4) is 5.75 Å². The van der Waals surface area contributed by atoms with E-state index in [2.05, 4.69) is 21.1 Å². The van der Waals surface area contributed by atoms with Gasteiger partial charge in [-0.25, -0.2) is 0 Å². The lowest BCUT2D eigenvalue weighted by Gasteiger charge is -2.07. The van der Waals surface area contributed by atoms with Crippen molar-refractivity contribution in [1.82, 2.24) is 0 Å². The van der Waals surface area contributed by atoms with Gasteiger partial charge in [-0.15, -0.1) is 0 Å². The Hall–Kier alpha value is -0.740. The van der Waals surface area contributed by atoms with E-state index in [4.69, 9.17) is 21.5 Å². The molecule has 0 heterocycles. The summed E-state index contributed by atoms with van der Waals surface area (Å²) in [6, 6.07) is 5.31. The highest BCUT2D eigenvalue weighted by Gasteiger charge is 2.11. The number of methoxy groups -OCH3 is 1. The number of ether oxygens (including phenoxy) is 1. The van der Waals surface area contributed by atoms with Gasteiger partial charge >= 0.3 is 0 Å². The van der Waals surface area contributed by atoms with E-state index in [1.807, 2.05) is 0 Å². The summed E-state index contributed by atoms with van der Waals surface area (Å²) in [6.07, 6.45) is 0. The number of hydrogen-bond donors (Lipinski definition) is 1. The van der Waals surface area contributed by atoms with Gasteiger partial charge in [0.05, 0.1) is 12.7 Å². The predicted molar refractivity (Wildman–Crippen MR) is 54.9 cm³/mol. The molecular weight excluding hydrogens is 257 g/mol. The van der Waals surface area contributed by atoms with Crippen LogP contribution in [0.5, 0.6) is 5.75 Å². The number of nitrogens with zero attached hydrogens (tertiary/aromatic N) is 1. The lowest BCUT2D eigenvalue weighted by atomic mass is 10.2. The monoisotopic (exact) mass is 263 g/mol. The van der Waals surface area contributed by atoms with Crippen LogP contribution >= 0.6 is 27.5 Å². The summed E-state index contributed by atoms with van der Waals surface area (Å²) >= 11 is 8.94. The molecule has 0 aromatic heterocycles. The van der Waals surface area contributed by atoms with E-state index >= 15 is 0 Å². The molecule has 1 aromatic carbocycles. The Balaban J connectivity index is 3.31. The van der Waals surface area contributed by atoms with Gasteiger partial charge in [0, 0.05) is 4.47 Å². The van der Waals surface area contributed by atoms with Crippen LogP contribution in [-0.4, -0.2) is 17.5 Å². The summed E-state index contributed by atoms with van der Waals surface area (Å²) < 4.78 is 5.76. The number of rotatable bonds is 2. The Morgan fingerprint density at radius 1 is 1.62 bits per heavy atom. The Labute approximate surface area is 89.1 Å². The van der Waals surface area contributed by atoms with Crippen LogP contribution in [0.15, 0.2) is 27.8 Å². The van der Waals surface area contributed by atoms with Gasteiger partial charge in [-0.1, -0.05) is 22.8 Å². The molecule has 0 spiro atoms. The highest BCUT2D eigenvalue weighted by atomic mass is 79.9. The SMILES string of the molecule is COc1cccc(Br)c1C(Cl)=NO. The normalized spacial score (nSPS) is 11.5. The molecule has 3 nitrogen and oxygen atoms in total. The second-order valence-corrected chi connectivity index (χ2v) is 3.42. The van der Waals surface area contributed by atoms with Crippen LogP contribution in [0.4, 0.5) is 0 Å². The molecule has 5 heteroatoms. The van der Waals surface area contributed by atoms with E-state index in [1.165, 1.54) is 7.11 Å². The Kier molecular flexibility index (Phi) is 3.57. The fourth-order valence-corrected chi connectivity index (χ4v) is 1.77. The molecule has 0 atom stereocenters. The average molecular weight is 265 g/mol. The third-order valence-corrected chi connectivity index (χ3v) is 2.41. The van der Waals surface area contributed by atoms with E-state index in [9.17, 15) is 0 Å². The van der Waals surface area contributed by atoms with Crippen molar-refractivity contribution in [3.05, 3.63) is 28.2 Å². The summed E-state index contributed by atoms with van der Waals surface area (Å²) in [5, 5.41) is 11.4. The number of halogens is 2. The van der Waals surface area contributed by atoms with Gasteiger partial charge in [0.1, 0.15) is 5.75 Å². The van der Waals surface area contributed by atoms with Crippen LogP contribution in [0, 0.1) is 0 Å². The molecule has 0 aliphatic carbocycles. The summed E-state index contributed by atoms with van der Waals surface area (Å²) in [7, 11) is 1.52. The highest BCUT2D eigenvalue weighted by molar-refractivity contribution is 9.10. The molecule has 0 unspecified atom stereocenters. The van der Waals surface area contributed by atoms with E-state index in [0.717, 1.165) is 4.47 Å². The van der Waals surface area contributed by atoms with Crippen LogP contribution in [0.3, 0.4) is 0 Å². The van der Waals surface area contributed by atoms with Crippen molar-refractivity contribution in [3.63, 3.8) is 0 Å². The minimum Gasteiger partial charge on any atom is -0.496 e. The molecule has 13 heavy (non-hydrogen) atoms. The van der Waals surface area contributed by atoms with Crippen molar-refractivity contribution in [2.45, 2.75) is 0 Å². The molecule has 0 aliphatic rings. The van der Waals surface area contributed by atoms with Crippen molar-refractivity contribution in [2.75, 3.05) is 7.11 Å². The van der Waals surface area contributed by atoms with E-state index in [-0.39, 0.29) is 5.17 Å². The maximum Gasteiger partial charge on any atom is 0.180 e. The third-order valence-electron chi connectivity index (χ3n) is 1.49. The molecule has 0 saturated heterocycles. The van der Waals surface area contributed by atoms with Gasteiger partial charge in [0.25, 0.3) is 0 Å². The fraction of sp³-hybridized carbons (Fsp3) is 0.125. The van der Waals surface area contributed by atoms with Crippen LogP contribution in [0.1, 0.15) is 5.56 Å². The first-order chi connectivity index (χ1) is 6.20. The Bertz CT molecular complexity index is 341. The highest BCUT2D eigenvalue weighted by Crippen LogP contribution is 2.28. The first-order valence-electron chi connectivity index (χ1n) is 3.41. The Morgan fingerprint density at radius 3 is 2.85 bits per heavy atom. The largest absolute Gasteiger partial charge is 0.496 e. The molecular formula is C8H7BrClNO2. The first-order valence-corrected chi connectivity index (χ1v) is 4.58. The molecule has 0 saturated carbocycles. The van der Waals surface area contributed by atoms with Gasteiger partial charge in [0.15, 0.2) is 5.17 Å². The van der Waals surface area contributed by atoms with Gasteiger partial charge in [0.2, 0.25) is 0 Å². The minimum absolute atomic E-state index is 0.00988. The zero-order valence-corrected chi connectivity index (χ0v) is 9.13. The lowest BCUT2D eigenvalue weighted by Crippen LogP contribution is -1.97. The van der Waals surface area contributed by atoms with Gasteiger partial charge < -0.3 is 9.94 Å². The van der Waals surface area contributed by atoms with E-state index in [1.54, 1.807) is 18.2 Å². The quantitative estimate of drug-likeness (QED) is 0.507. The molecule has 1 rings (SSSR count). The van der Waals surface area contributed by atoms with Gasteiger partial charge in [-0.05, 0) is 28.1 Å². The van der Waals surface area contributed by atoms with Crippen LogP contribution in [0.2, 0.25) is 0 Å². The molecule has 0 bridgehead atoms. The molecule has 70 valence electrons. The van der Waals surface area contributed by atoms with Crippen molar-refractivity contribution >= 4 is 32.7 Å². The average Bonchev–Trinajstić information content (AvgIpc) is 2.16. The van der Waals surface area contributed by atoms with Crippen LogP contribution in [0.25, 0.3) is 0 Å². The van der Waals surface area contributed by atoms with E-state index in [0.29, 0.717) is 11.3 Å². The second-order valence-electron chi connectivity index (χ2n) is 2.21. The van der Waals surface area contributed by atoms with Crippen molar-refractivity contribution < 1.29 is 9.94 Å². The molecule has 1 N–H and O–H groups in total. The summed E-state index contributed by atoms with van der Waals surface area (Å²) in [5.74, 6) is 0.553. The minimum atomic E-state index is -0.00988. The lowest BCUT2D eigenvalue weighted by molar-refractivity contribution is 0.320. The summed E-state index contributed by atoms with van der Waals surface area (Å²) in [5.41, 5.74) is 0.536. The smallest absolute Gasteiger partial charge is 0.180 e. The zero-order valence-electron chi connectivity index (χ0n) is 6.79. The van der Waals surface area contributed by atoms with E-state index < -0.39 is 0 Å². The number of oxime groups is 1. The van der Waals surface area contributed by atoms with Crippen LogP contribution < -0.4 is 4.74 Å². The van der Waals surface area contributed by atoms with Crippen molar-refractivity contribution in [1.29, 1.82) is 0 Å². The standard InChI is InChI=1S/C8H7BrClNO2/c1-13-6-4-2-3-5(9)7(6)8(10)11-12/h2-4,12H,1H3. The number of benzene rings is 1. The summed E-state index contributed by atoms with van der Waals surface area (Å²) in [6.45, 7) is 0. The molecule has 0 aliphatic heterocycles. The molecule has 1 aromatic rings. The zero-order chi connectivity index (χ0) is 9.84. The molecule has 0 radical (unpaired) electrons. The maximum atomic E-state index is 8.51. The molecule has 0 fully saturated rings. The van der Waals surface area contributed by atoms with Gasteiger partial charge in [-0.3, -0.25) is 0 Å². The number of hydrogen-bond acceptors (Lipinski definition) is 3. The first kappa shape index (κ1) is 10.3. The predicted octanol–water partition coefficient (Wildman–Crippen LogP) is 2.83. The third kappa shape index (κ3) is 2.14.